The Labute approximate surface area is 192 Å². The van der Waals surface area contributed by atoms with E-state index >= 15 is 0 Å². The Morgan fingerprint density at radius 1 is 1.11 bits per heavy atom. The molecule has 0 saturated heterocycles. The van der Waals surface area contributed by atoms with Crippen molar-refractivity contribution >= 4 is 62.9 Å². The van der Waals surface area contributed by atoms with Gasteiger partial charge in [0.1, 0.15) is 9.96 Å². The van der Waals surface area contributed by atoms with E-state index in [9.17, 15) is 8.42 Å². The maximum Gasteiger partial charge on any atom is 0.250 e. The number of methoxy groups -OCH3 is 1. The third-order valence-electron chi connectivity index (χ3n) is 3.61. The van der Waals surface area contributed by atoms with E-state index in [2.05, 4.69) is 20.3 Å². The van der Waals surface area contributed by atoms with Crippen molar-refractivity contribution in [2.75, 3.05) is 33.8 Å². The molecule has 156 valence electrons. The molecular formula is C17H24ClIN4O3S2. The van der Waals surface area contributed by atoms with Crippen LogP contribution in [0.2, 0.25) is 4.34 Å². The van der Waals surface area contributed by atoms with Crippen molar-refractivity contribution in [1.82, 2.24) is 15.4 Å². The second-order valence-corrected chi connectivity index (χ2v) is 9.19. The molecule has 0 radical (unpaired) electrons. The molecule has 0 unspecified atom stereocenters. The van der Waals surface area contributed by atoms with Crippen molar-refractivity contribution in [2.45, 2.75) is 10.6 Å². The van der Waals surface area contributed by atoms with Gasteiger partial charge in [-0.2, -0.15) is 0 Å². The van der Waals surface area contributed by atoms with Gasteiger partial charge in [-0.1, -0.05) is 23.7 Å². The Bertz CT molecular complexity index is 858. The normalized spacial score (nSPS) is 11.6. The molecule has 0 saturated carbocycles. The fourth-order valence-electron chi connectivity index (χ4n) is 2.22. The van der Waals surface area contributed by atoms with Gasteiger partial charge in [0.05, 0.1) is 11.4 Å². The molecule has 0 aliphatic carbocycles. The highest BCUT2D eigenvalue weighted by Crippen LogP contribution is 2.25. The van der Waals surface area contributed by atoms with Crippen LogP contribution in [-0.2, 0) is 16.4 Å². The monoisotopic (exact) mass is 558 g/mol. The summed E-state index contributed by atoms with van der Waals surface area (Å²) in [7, 11) is -0.221. The van der Waals surface area contributed by atoms with Crippen LogP contribution in [0.4, 0.5) is 0 Å². The molecule has 2 rings (SSSR count). The molecule has 1 aromatic carbocycles. The van der Waals surface area contributed by atoms with Crippen molar-refractivity contribution in [1.29, 1.82) is 0 Å². The predicted molar refractivity (Wildman–Crippen MR) is 126 cm³/mol. The van der Waals surface area contributed by atoms with Gasteiger partial charge in [-0.25, -0.2) is 13.1 Å². The fourth-order valence-corrected chi connectivity index (χ4v) is 4.78. The van der Waals surface area contributed by atoms with Gasteiger partial charge in [0.2, 0.25) is 10.0 Å². The first-order chi connectivity index (χ1) is 12.9. The molecular weight excluding hydrogens is 535 g/mol. The second-order valence-electron chi connectivity index (χ2n) is 5.48. The van der Waals surface area contributed by atoms with Crippen LogP contribution in [0, 0.1) is 0 Å². The summed E-state index contributed by atoms with van der Waals surface area (Å²) in [5, 5.41) is 6.27. The van der Waals surface area contributed by atoms with Crippen LogP contribution in [-0.4, -0.2) is 48.2 Å². The second kappa shape index (κ2) is 12.5. The van der Waals surface area contributed by atoms with Crippen molar-refractivity contribution in [3.8, 4) is 5.75 Å². The van der Waals surface area contributed by atoms with E-state index in [-0.39, 0.29) is 34.7 Å². The Morgan fingerprint density at radius 2 is 1.79 bits per heavy atom. The van der Waals surface area contributed by atoms with E-state index in [0.29, 0.717) is 23.4 Å². The summed E-state index contributed by atoms with van der Waals surface area (Å²) in [5.74, 6) is 1.44. The summed E-state index contributed by atoms with van der Waals surface area (Å²) in [6.45, 7) is 1.34. The van der Waals surface area contributed by atoms with E-state index in [4.69, 9.17) is 16.3 Å². The zero-order valence-electron chi connectivity index (χ0n) is 15.6. The average molecular weight is 559 g/mol. The van der Waals surface area contributed by atoms with Crippen LogP contribution in [0.5, 0.6) is 5.75 Å². The molecule has 3 N–H and O–H groups in total. The van der Waals surface area contributed by atoms with Gasteiger partial charge in [0, 0.05) is 26.7 Å². The predicted octanol–water partition coefficient (Wildman–Crippen LogP) is 2.71. The molecule has 2 aromatic rings. The molecule has 0 aliphatic rings. The first-order valence-corrected chi connectivity index (χ1v) is 10.9. The smallest absolute Gasteiger partial charge is 0.250 e. The van der Waals surface area contributed by atoms with E-state index in [1.165, 1.54) is 11.6 Å². The van der Waals surface area contributed by atoms with Gasteiger partial charge in [-0.3, -0.25) is 4.99 Å². The highest BCUT2D eigenvalue weighted by atomic mass is 127. The number of benzene rings is 1. The number of nitrogens with one attached hydrogen (secondary N) is 3. The minimum absolute atomic E-state index is 0. The average Bonchev–Trinajstić information content (AvgIpc) is 3.11. The van der Waals surface area contributed by atoms with Gasteiger partial charge in [-0.05, 0) is 36.2 Å². The highest BCUT2D eigenvalue weighted by molar-refractivity contribution is 14.0. The van der Waals surface area contributed by atoms with Crippen molar-refractivity contribution < 1.29 is 13.2 Å². The zero-order chi connectivity index (χ0) is 19.7. The maximum atomic E-state index is 12.1. The summed E-state index contributed by atoms with van der Waals surface area (Å²) in [4.78, 5) is 4.12. The number of sulfonamides is 1. The minimum Gasteiger partial charge on any atom is -0.497 e. The lowest BCUT2D eigenvalue weighted by atomic mass is 10.1. The number of ether oxygens (including phenoxy) is 1. The summed E-state index contributed by atoms with van der Waals surface area (Å²) < 4.78 is 32.5. The maximum absolute atomic E-state index is 12.1. The van der Waals surface area contributed by atoms with E-state index in [1.807, 2.05) is 24.3 Å². The van der Waals surface area contributed by atoms with E-state index in [1.54, 1.807) is 20.2 Å². The van der Waals surface area contributed by atoms with Gasteiger partial charge in [-0.15, -0.1) is 35.3 Å². The first kappa shape index (κ1) is 25.0. The number of hydrogen-bond acceptors (Lipinski definition) is 5. The molecule has 1 heterocycles. The SMILES string of the molecule is CN=C(NCCNS(=O)(=O)c1ccc(Cl)s1)NCCc1ccc(OC)cc1.I. The van der Waals surface area contributed by atoms with Crippen molar-refractivity contribution in [3.63, 3.8) is 0 Å². The zero-order valence-corrected chi connectivity index (χ0v) is 20.3. The van der Waals surface area contributed by atoms with Gasteiger partial charge < -0.3 is 15.4 Å². The van der Waals surface area contributed by atoms with Gasteiger partial charge >= 0.3 is 0 Å². The Hall–Kier alpha value is -1.08. The van der Waals surface area contributed by atoms with Crippen molar-refractivity contribution in [3.05, 3.63) is 46.3 Å². The van der Waals surface area contributed by atoms with Crippen LogP contribution < -0.4 is 20.1 Å². The largest absolute Gasteiger partial charge is 0.497 e. The molecule has 28 heavy (non-hydrogen) atoms. The summed E-state index contributed by atoms with van der Waals surface area (Å²) in [6.07, 6.45) is 0.830. The summed E-state index contributed by atoms with van der Waals surface area (Å²) in [6, 6.07) is 10.9. The summed E-state index contributed by atoms with van der Waals surface area (Å²) >= 11 is 6.81. The third-order valence-corrected chi connectivity index (χ3v) is 6.80. The number of guanidine groups is 1. The van der Waals surface area contributed by atoms with Gasteiger partial charge in [0.25, 0.3) is 0 Å². The number of rotatable bonds is 9. The number of halogens is 2. The first-order valence-electron chi connectivity index (χ1n) is 8.27. The minimum atomic E-state index is -3.53. The Morgan fingerprint density at radius 3 is 2.36 bits per heavy atom. The molecule has 1 aromatic heterocycles. The number of aliphatic imine (C=N–C) groups is 1. The standard InChI is InChI=1S/C17H23ClN4O3S2.HI/c1-19-17(20-10-9-13-3-5-14(25-2)6-4-13)21-11-12-22-27(23,24)16-8-7-15(18)26-16;/h3-8,22H,9-12H2,1-2H3,(H2,19,20,21);1H. The Kier molecular flexibility index (Phi) is 11.1. The molecule has 0 atom stereocenters. The van der Waals surface area contributed by atoms with Crippen LogP contribution in [0.3, 0.4) is 0 Å². The van der Waals surface area contributed by atoms with Crippen LogP contribution in [0.15, 0.2) is 45.6 Å². The number of nitrogens with zero attached hydrogens (tertiary/aromatic N) is 1. The quantitative estimate of drug-likeness (QED) is 0.191. The van der Waals surface area contributed by atoms with Crippen LogP contribution in [0.1, 0.15) is 5.56 Å². The molecule has 0 bridgehead atoms. The van der Waals surface area contributed by atoms with E-state index < -0.39 is 10.0 Å². The van der Waals surface area contributed by atoms with Crippen LogP contribution in [0.25, 0.3) is 0 Å². The topological polar surface area (TPSA) is 91.8 Å². The Balaban J connectivity index is 0.00000392. The lowest BCUT2D eigenvalue weighted by molar-refractivity contribution is 0.414. The molecule has 0 fully saturated rings. The van der Waals surface area contributed by atoms with E-state index in [0.717, 1.165) is 23.5 Å². The van der Waals surface area contributed by atoms with Gasteiger partial charge in [0.15, 0.2) is 5.96 Å². The molecule has 0 aliphatic heterocycles. The third kappa shape index (κ3) is 8.11. The number of hydrogen-bond donors (Lipinski definition) is 3. The summed E-state index contributed by atoms with van der Waals surface area (Å²) in [5.41, 5.74) is 1.18. The molecule has 7 nitrogen and oxygen atoms in total. The van der Waals surface area contributed by atoms with Crippen molar-refractivity contribution in [2.24, 2.45) is 4.99 Å². The molecule has 11 heteroatoms. The fraction of sp³-hybridized carbons (Fsp3) is 0.353. The highest BCUT2D eigenvalue weighted by Gasteiger charge is 2.15. The lowest BCUT2D eigenvalue weighted by Crippen LogP contribution is -2.42. The van der Waals surface area contributed by atoms with Crippen LogP contribution >= 0.6 is 46.9 Å². The molecule has 0 amide bonds. The lowest BCUT2D eigenvalue weighted by Gasteiger charge is -2.12. The number of thiophene rings is 1. The molecule has 0 spiro atoms.